The molecule has 0 unspecified atom stereocenters. The van der Waals surface area contributed by atoms with E-state index in [2.05, 4.69) is 21.4 Å². The SMILES string of the molecule is CN(C)CCn1cc(NC(=O)c2cc(C#N)cc3ccccc23)cn1. The maximum Gasteiger partial charge on any atom is 0.256 e. The zero-order valence-corrected chi connectivity index (χ0v) is 14.2. The van der Waals surface area contributed by atoms with Crippen molar-refractivity contribution in [2.24, 2.45) is 0 Å². The van der Waals surface area contributed by atoms with E-state index in [1.54, 1.807) is 29.2 Å². The van der Waals surface area contributed by atoms with E-state index in [-0.39, 0.29) is 5.91 Å². The average Bonchev–Trinajstić information content (AvgIpc) is 3.06. The molecule has 0 aliphatic rings. The lowest BCUT2D eigenvalue weighted by Gasteiger charge is -2.09. The lowest BCUT2D eigenvalue weighted by Crippen LogP contribution is -2.18. The number of aromatic nitrogens is 2. The van der Waals surface area contributed by atoms with Crippen LogP contribution in [0.3, 0.4) is 0 Å². The van der Waals surface area contributed by atoms with Gasteiger partial charge in [-0.25, -0.2) is 0 Å². The fraction of sp³-hybridized carbons (Fsp3) is 0.211. The molecule has 2 aromatic carbocycles. The lowest BCUT2D eigenvalue weighted by molar-refractivity contribution is 0.102. The summed E-state index contributed by atoms with van der Waals surface area (Å²) in [5.74, 6) is -0.250. The van der Waals surface area contributed by atoms with E-state index in [1.807, 2.05) is 38.4 Å². The maximum atomic E-state index is 12.7. The Balaban J connectivity index is 1.84. The van der Waals surface area contributed by atoms with Crippen molar-refractivity contribution in [3.63, 3.8) is 0 Å². The smallest absolute Gasteiger partial charge is 0.256 e. The minimum atomic E-state index is -0.250. The van der Waals surface area contributed by atoms with Crippen LogP contribution in [0.2, 0.25) is 0 Å². The minimum absolute atomic E-state index is 0.250. The van der Waals surface area contributed by atoms with Crippen molar-refractivity contribution in [3.05, 3.63) is 59.9 Å². The van der Waals surface area contributed by atoms with Gasteiger partial charge in [0.1, 0.15) is 0 Å². The standard InChI is InChI=1S/C19H19N5O/c1-23(2)7-8-24-13-16(12-21-24)22-19(25)18-10-14(11-20)9-15-5-3-4-6-17(15)18/h3-6,9-10,12-13H,7-8H2,1-2H3,(H,22,25). The van der Waals surface area contributed by atoms with Crippen molar-refractivity contribution in [1.29, 1.82) is 5.26 Å². The predicted molar refractivity (Wildman–Crippen MR) is 97.4 cm³/mol. The first-order valence-corrected chi connectivity index (χ1v) is 7.98. The monoisotopic (exact) mass is 333 g/mol. The highest BCUT2D eigenvalue weighted by atomic mass is 16.1. The first-order chi connectivity index (χ1) is 12.1. The van der Waals surface area contributed by atoms with Crippen molar-refractivity contribution >= 4 is 22.4 Å². The van der Waals surface area contributed by atoms with E-state index < -0.39 is 0 Å². The van der Waals surface area contributed by atoms with Crippen molar-refractivity contribution in [3.8, 4) is 6.07 Å². The molecule has 0 bridgehead atoms. The molecule has 25 heavy (non-hydrogen) atoms. The molecule has 3 rings (SSSR count). The number of benzene rings is 2. The molecule has 0 spiro atoms. The Hall–Kier alpha value is -3.17. The van der Waals surface area contributed by atoms with Crippen LogP contribution in [0.25, 0.3) is 10.8 Å². The van der Waals surface area contributed by atoms with Gasteiger partial charge in [-0.2, -0.15) is 10.4 Å². The van der Waals surface area contributed by atoms with Crippen molar-refractivity contribution in [2.75, 3.05) is 26.0 Å². The van der Waals surface area contributed by atoms with E-state index >= 15 is 0 Å². The van der Waals surface area contributed by atoms with Gasteiger partial charge in [0.2, 0.25) is 0 Å². The highest BCUT2D eigenvalue weighted by Gasteiger charge is 2.13. The lowest BCUT2D eigenvalue weighted by atomic mass is 10.0. The molecular weight excluding hydrogens is 314 g/mol. The van der Waals surface area contributed by atoms with E-state index in [9.17, 15) is 10.1 Å². The molecule has 0 atom stereocenters. The molecule has 0 aliphatic carbocycles. The quantitative estimate of drug-likeness (QED) is 0.779. The molecule has 1 heterocycles. The van der Waals surface area contributed by atoms with Crippen LogP contribution in [0.15, 0.2) is 48.8 Å². The van der Waals surface area contributed by atoms with Crippen LogP contribution in [-0.4, -0.2) is 41.2 Å². The summed E-state index contributed by atoms with van der Waals surface area (Å²) < 4.78 is 1.79. The Morgan fingerprint density at radius 1 is 1.32 bits per heavy atom. The fourth-order valence-corrected chi connectivity index (χ4v) is 2.61. The number of likely N-dealkylation sites (N-methyl/N-ethyl adjacent to an activating group) is 1. The van der Waals surface area contributed by atoms with E-state index in [4.69, 9.17) is 0 Å². The van der Waals surface area contributed by atoms with Crippen LogP contribution in [0.5, 0.6) is 0 Å². The Morgan fingerprint density at radius 2 is 2.12 bits per heavy atom. The normalized spacial score (nSPS) is 10.8. The van der Waals surface area contributed by atoms with Gasteiger partial charge in [0.15, 0.2) is 0 Å². The van der Waals surface area contributed by atoms with Crippen LogP contribution in [-0.2, 0) is 6.54 Å². The number of hydrogen-bond acceptors (Lipinski definition) is 4. The minimum Gasteiger partial charge on any atom is -0.319 e. The van der Waals surface area contributed by atoms with E-state index in [0.717, 1.165) is 23.9 Å². The number of nitrogens with one attached hydrogen (secondary N) is 1. The highest BCUT2D eigenvalue weighted by molar-refractivity contribution is 6.13. The second-order valence-corrected chi connectivity index (χ2v) is 6.11. The zero-order chi connectivity index (χ0) is 17.8. The fourth-order valence-electron chi connectivity index (χ4n) is 2.61. The molecule has 6 nitrogen and oxygen atoms in total. The summed E-state index contributed by atoms with van der Waals surface area (Å²) in [6.07, 6.45) is 3.43. The Kier molecular flexibility index (Phi) is 4.78. The molecule has 0 aliphatic heterocycles. The molecule has 0 saturated carbocycles. The van der Waals surface area contributed by atoms with Crippen LogP contribution in [0, 0.1) is 11.3 Å². The predicted octanol–water partition coefficient (Wildman–Crippen LogP) is 2.72. The van der Waals surface area contributed by atoms with Crippen LogP contribution >= 0.6 is 0 Å². The van der Waals surface area contributed by atoms with E-state index in [0.29, 0.717) is 16.8 Å². The molecule has 126 valence electrons. The van der Waals surface area contributed by atoms with Gasteiger partial charge >= 0.3 is 0 Å². The number of nitriles is 1. The summed E-state index contributed by atoms with van der Waals surface area (Å²) in [6.45, 7) is 1.61. The van der Waals surface area contributed by atoms with Gasteiger partial charge in [0.05, 0.1) is 30.1 Å². The Bertz CT molecular complexity index is 952. The summed E-state index contributed by atoms with van der Waals surface area (Å²) in [7, 11) is 4.00. The molecule has 1 aromatic heterocycles. The topological polar surface area (TPSA) is 73.9 Å². The maximum absolute atomic E-state index is 12.7. The molecule has 6 heteroatoms. The van der Waals surface area contributed by atoms with Crippen LogP contribution in [0.1, 0.15) is 15.9 Å². The largest absolute Gasteiger partial charge is 0.319 e. The first kappa shape index (κ1) is 16.7. The first-order valence-electron chi connectivity index (χ1n) is 7.98. The Labute approximate surface area is 146 Å². The third kappa shape index (κ3) is 3.84. The molecule has 0 fully saturated rings. The molecule has 1 N–H and O–H groups in total. The van der Waals surface area contributed by atoms with Gasteiger partial charge in [-0.15, -0.1) is 0 Å². The Morgan fingerprint density at radius 3 is 2.88 bits per heavy atom. The molecule has 0 radical (unpaired) electrons. The second-order valence-electron chi connectivity index (χ2n) is 6.11. The second kappa shape index (κ2) is 7.16. The number of hydrogen-bond donors (Lipinski definition) is 1. The van der Waals surface area contributed by atoms with Gasteiger partial charge in [-0.05, 0) is 37.0 Å². The molecule has 3 aromatic rings. The van der Waals surface area contributed by atoms with Gasteiger partial charge < -0.3 is 10.2 Å². The van der Waals surface area contributed by atoms with Crippen LogP contribution in [0.4, 0.5) is 5.69 Å². The summed E-state index contributed by atoms with van der Waals surface area (Å²) in [5, 5.41) is 18.0. The summed E-state index contributed by atoms with van der Waals surface area (Å²) in [4.78, 5) is 14.8. The van der Waals surface area contributed by atoms with Gasteiger partial charge in [0.25, 0.3) is 5.91 Å². The summed E-state index contributed by atoms with van der Waals surface area (Å²) in [6, 6.07) is 13.1. The third-order valence-corrected chi connectivity index (χ3v) is 3.90. The van der Waals surface area contributed by atoms with Crippen LogP contribution < -0.4 is 5.32 Å². The number of nitrogens with zero attached hydrogens (tertiary/aromatic N) is 4. The summed E-state index contributed by atoms with van der Waals surface area (Å²) in [5.41, 5.74) is 1.58. The summed E-state index contributed by atoms with van der Waals surface area (Å²) >= 11 is 0. The average molecular weight is 333 g/mol. The molecular formula is C19H19N5O. The van der Waals surface area contributed by atoms with Gasteiger partial charge in [-0.1, -0.05) is 24.3 Å². The molecule has 1 amide bonds. The van der Waals surface area contributed by atoms with Gasteiger partial charge in [-0.3, -0.25) is 9.48 Å². The van der Waals surface area contributed by atoms with Crippen molar-refractivity contribution < 1.29 is 4.79 Å². The van der Waals surface area contributed by atoms with E-state index in [1.165, 1.54) is 0 Å². The zero-order valence-electron chi connectivity index (χ0n) is 14.2. The number of carbonyl (C=O) groups is 1. The molecule has 0 saturated heterocycles. The number of fused-ring (bicyclic) bond motifs is 1. The number of rotatable bonds is 5. The van der Waals surface area contributed by atoms with Gasteiger partial charge in [0, 0.05) is 18.3 Å². The number of carbonyl (C=O) groups excluding carboxylic acids is 1. The van der Waals surface area contributed by atoms with Crippen molar-refractivity contribution in [2.45, 2.75) is 6.54 Å². The van der Waals surface area contributed by atoms with Crippen molar-refractivity contribution in [1.82, 2.24) is 14.7 Å². The number of amides is 1. The number of anilines is 1. The third-order valence-electron chi connectivity index (χ3n) is 3.90. The highest BCUT2D eigenvalue weighted by Crippen LogP contribution is 2.22.